The van der Waals surface area contributed by atoms with Crippen LogP contribution < -0.4 is 0 Å². The summed E-state index contributed by atoms with van der Waals surface area (Å²) in [4.78, 5) is 0. The second-order valence-corrected chi connectivity index (χ2v) is 5.67. The van der Waals surface area contributed by atoms with Gasteiger partial charge in [0.1, 0.15) is 5.82 Å². The second-order valence-electron chi connectivity index (χ2n) is 4.38. The lowest BCUT2D eigenvalue weighted by atomic mass is 9.93. The van der Waals surface area contributed by atoms with Crippen molar-refractivity contribution >= 4 is 27.5 Å². The van der Waals surface area contributed by atoms with Gasteiger partial charge in [-0.25, -0.2) is 4.39 Å². The van der Waals surface area contributed by atoms with Crippen LogP contribution in [0, 0.1) is 5.82 Å². The molecule has 1 N–H and O–H groups in total. The monoisotopic (exact) mass is 342 g/mol. The molecule has 1 atom stereocenters. The zero-order chi connectivity index (χ0) is 13.8. The quantitative estimate of drug-likeness (QED) is 0.863. The Morgan fingerprint density at radius 3 is 2.42 bits per heavy atom. The van der Waals surface area contributed by atoms with Crippen LogP contribution in [0.15, 0.2) is 46.9 Å². The minimum Gasteiger partial charge on any atom is -0.396 e. The fourth-order valence-corrected chi connectivity index (χ4v) is 2.53. The second kappa shape index (κ2) is 6.51. The zero-order valence-electron chi connectivity index (χ0n) is 10.1. The van der Waals surface area contributed by atoms with E-state index in [4.69, 9.17) is 11.6 Å². The number of hydrogen-bond donors (Lipinski definition) is 1. The van der Waals surface area contributed by atoms with Crippen molar-refractivity contribution in [3.8, 4) is 0 Å². The number of halogens is 3. The molecular weight excluding hydrogens is 331 g/mol. The Balaban J connectivity index is 2.18. The van der Waals surface area contributed by atoms with Gasteiger partial charge in [-0.3, -0.25) is 0 Å². The predicted molar refractivity (Wildman–Crippen MR) is 79.1 cm³/mol. The number of rotatable bonds is 4. The largest absolute Gasteiger partial charge is 0.396 e. The highest BCUT2D eigenvalue weighted by molar-refractivity contribution is 9.10. The van der Waals surface area contributed by atoms with E-state index in [1.807, 2.05) is 12.1 Å². The van der Waals surface area contributed by atoms with E-state index in [0.717, 1.165) is 11.1 Å². The van der Waals surface area contributed by atoms with Crippen LogP contribution in [0.1, 0.15) is 17.0 Å². The molecule has 4 heteroatoms. The molecule has 0 aromatic heterocycles. The SMILES string of the molecule is OCC(Cc1ccc(F)c(Br)c1)c1ccc(Cl)cc1. The molecule has 2 rings (SSSR count). The summed E-state index contributed by atoms with van der Waals surface area (Å²) in [5, 5.41) is 10.2. The van der Waals surface area contributed by atoms with Gasteiger partial charge in [-0.15, -0.1) is 0 Å². The van der Waals surface area contributed by atoms with Crippen LogP contribution in [0.3, 0.4) is 0 Å². The summed E-state index contributed by atoms with van der Waals surface area (Å²) in [5.41, 5.74) is 2.00. The van der Waals surface area contributed by atoms with Crippen molar-refractivity contribution in [1.29, 1.82) is 0 Å². The summed E-state index contributed by atoms with van der Waals surface area (Å²) in [6, 6.07) is 12.3. The van der Waals surface area contributed by atoms with E-state index in [0.29, 0.717) is 15.9 Å². The molecule has 2 aromatic rings. The third-order valence-electron chi connectivity index (χ3n) is 3.03. The first-order valence-corrected chi connectivity index (χ1v) is 7.07. The Bertz CT molecular complexity index is 557. The Labute approximate surface area is 125 Å². The number of aliphatic hydroxyl groups is 1. The van der Waals surface area contributed by atoms with Crippen LogP contribution in [-0.2, 0) is 6.42 Å². The molecule has 1 nitrogen and oxygen atoms in total. The first-order valence-electron chi connectivity index (χ1n) is 5.90. The molecule has 0 spiro atoms. The molecule has 0 aliphatic rings. The van der Waals surface area contributed by atoms with Gasteiger partial charge >= 0.3 is 0 Å². The zero-order valence-corrected chi connectivity index (χ0v) is 12.5. The lowest BCUT2D eigenvalue weighted by Crippen LogP contribution is -2.07. The Hall–Kier alpha value is -0.900. The van der Waals surface area contributed by atoms with Crippen molar-refractivity contribution in [2.45, 2.75) is 12.3 Å². The van der Waals surface area contributed by atoms with E-state index in [9.17, 15) is 9.50 Å². The summed E-state index contributed by atoms with van der Waals surface area (Å²) in [6.45, 7) is 0.0383. The van der Waals surface area contributed by atoms with Crippen molar-refractivity contribution < 1.29 is 9.50 Å². The first-order chi connectivity index (χ1) is 9.10. The first kappa shape index (κ1) is 14.5. The smallest absolute Gasteiger partial charge is 0.137 e. The Morgan fingerprint density at radius 2 is 1.84 bits per heavy atom. The molecule has 0 bridgehead atoms. The van der Waals surface area contributed by atoms with Crippen LogP contribution in [0.5, 0.6) is 0 Å². The molecule has 0 aliphatic carbocycles. The Kier molecular flexibility index (Phi) is 4.97. The number of aliphatic hydroxyl groups excluding tert-OH is 1. The topological polar surface area (TPSA) is 20.2 Å². The van der Waals surface area contributed by atoms with Gasteiger partial charge in [0.05, 0.1) is 11.1 Å². The van der Waals surface area contributed by atoms with Crippen LogP contribution in [0.2, 0.25) is 5.02 Å². The third kappa shape index (κ3) is 3.78. The molecule has 2 aromatic carbocycles. The van der Waals surface area contributed by atoms with Gasteiger partial charge in [0, 0.05) is 10.9 Å². The van der Waals surface area contributed by atoms with Crippen molar-refractivity contribution in [2.24, 2.45) is 0 Å². The fourth-order valence-electron chi connectivity index (χ4n) is 1.97. The summed E-state index contributed by atoms with van der Waals surface area (Å²) >= 11 is 9.02. The molecule has 0 heterocycles. The predicted octanol–water partition coefficient (Wildman–Crippen LogP) is 4.56. The van der Waals surface area contributed by atoms with Crippen LogP contribution in [0.4, 0.5) is 4.39 Å². The summed E-state index contributed by atoms with van der Waals surface area (Å²) < 4.78 is 13.6. The molecule has 0 saturated carbocycles. The molecule has 1 unspecified atom stereocenters. The van der Waals surface area contributed by atoms with Gasteiger partial charge in [-0.05, 0) is 57.7 Å². The van der Waals surface area contributed by atoms with E-state index < -0.39 is 0 Å². The molecule has 0 amide bonds. The van der Waals surface area contributed by atoms with Crippen molar-refractivity contribution in [2.75, 3.05) is 6.61 Å². The van der Waals surface area contributed by atoms with Gasteiger partial charge in [0.15, 0.2) is 0 Å². The van der Waals surface area contributed by atoms with Gasteiger partial charge in [0.25, 0.3) is 0 Å². The highest BCUT2D eigenvalue weighted by Gasteiger charge is 2.12. The van der Waals surface area contributed by atoms with E-state index in [1.54, 1.807) is 24.3 Å². The minimum absolute atomic E-state index is 0.0189. The number of hydrogen-bond acceptors (Lipinski definition) is 1. The van der Waals surface area contributed by atoms with E-state index in [-0.39, 0.29) is 18.3 Å². The standard InChI is InChI=1S/C15H13BrClFO/c16-14-8-10(1-6-15(14)18)7-12(9-19)11-2-4-13(17)5-3-11/h1-6,8,12,19H,7,9H2. The average Bonchev–Trinajstić information content (AvgIpc) is 2.41. The molecule has 0 radical (unpaired) electrons. The molecule has 0 aliphatic heterocycles. The highest BCUT2D eigenvalue weighted by atomic mass is 79.9. The summed E-state index contributed by atoms with van der Waals surface area (Å²) in [6.07, 6.45) is 0.650. The van der Waals surface area contributed by atoms with Gasteiger partial charge in [0.2, 0.25) is 0 Å². The van der Waals surface area contributed by atoms with Gasteiger partial charge in [-0.2, -0.15) is 0 Å². The van der Waals surface area contributed by atoms with Crippen LogP contribution in [-0.4, -0.2) is 11.7 Å². The summed E-state index contributed by atoms with van der Waals surface area (Å²) in [5.74, 6) is -0.301. The molecule has 0 saturated heterocycles. The molecule has 100 valence electrons. The fraction of sp³-hybridized carbons (Fsp3) is 0.200. The summed E-state index contributed by atoms with van der Waals surface area (Å²) in [7, 11) is 0. The maximum Gasteiger partial charge on any atom is 0.137 e. The van der Waals surface area contributed by atoms with Gasteiger partial charge < -0.3 is 5.11 Å². The highest BCUT2D eigenvalue weighted by Crippen LogP contribution is 2.24. The van der Waals surface area contributed by atoms with E-state index >= 15 is 0 Å². The lowest BCUT2D eigenvalue weighted by molar-refractivity contribution is 0.264. The Morgan fingerprint density at radius 1 is 1.16 bits per heavy atom. The normalized spacial score (nSPS) is 12.4. The number of benzene rings is 2. The van der Waals surface area contributed by atoms with Crippen LogP contribution in [0.25, 0.3) is 0 Å². The minimum atomic E-state index is -0.282. The van der Waals surface area contributed by atoms with Gasteiger partial charge in [-0.1, -0.05) is 29.8 Å². The molecule has 19 heavy (non-hydrogen) atoms. The van der Waals surface area contributed by atoms with E-state index in [1.165, 1.54) is 6.07 Å². The van der Waals surface area contributed by atoms with Crippen molar-refractivity contribution in [3.05, 3.63) is 68.9 Å². The van der Waals surface area contributed by atoms with Crippen molar-refractivity contribution in [1.82, 2.24) is 0 Å². The third-order valence-corrected chi connectivity index (χ3v) is 3.89. The molecular formula is C15H13BrClFO. The molecule has 0 fully saturated rings. The lowest BCUT2D eigenvalue weighted by Gasteiger charge is -2.15. The average molecular weight is 344 g/mol. The maximum absolute atomic E-state index is 13.2. The van der Waals surface area contributed by atoms with E-state index in [2.05, 4.69) is 15.9 Å². The van der Waals surface area contributed by atoms with Crippen molar-refractivity contribution in [3.63, 3.8) is 0 Å². The maximum atomic E-state index is 13.2. The van der Waals surface area contributed by atoms with Crippen LogP contribution >= 0.6 is 27.5 Å².